The van der Waals surface area contributed by atoms with Crippen LogP contribution in [0.4, 0.5) is 14.5 Å². The Morgan fingerprint density at radius 2 is 1.96 bits per heavy atom. The second-order valence-electron chi connectivity index (χ2n) is 6.11. The zero-order chi connectivity index (χ0) is 19.6. The monoisotopic (exact) mass is 391 g/mol. The molecule has 27 heavy (non-hydrogen) atoms. The second-order valence-corrected chi connectivity index (χ2v) is 7.19. The molecular weight excluding hydrogens is 372 g/mol. The number of aliphatic hydroxyl groups excluding tert-OH is 1. The number of aliphatic hydroxyl groups is 1. The van der Waals surface area contributed by atoms with Crippen LogP contribution in [0.2, 0.25) is 0 Å². The van der Waals surface area contributed by atoms with Crippen LogP contribution in [0.25, 0.3) is 10.6 Å². The van der Waals surface area contributed by atoms with E-state index < -0.39 is 5.92 Å². The van der Waals surface area contributed by atoms with Crippen LogP contribution in [0.3, 0.4) is 0 Å². The van der Waals surface area contributed by atoms with E-state index in [2.05, 4.69) is 5.10 Å². The number of anilines is 1. The third-order valence-corrected chi connectivity index (χ3v) is 5.13. The van der Waals surface area contributed by atoms with Crippen molar-refractivity contribution in [1.29, 1.82) is 0 Å². The van der Waals surface area contributed by atoms with E-state index in [9.17, 15) is 18.7 Å². The van der Waals surface area contributed by atoms with E-state index in [1.54, 1.807) is 24.3 Å². The van der Waals surface area contributed by atoms with Gasteiger partial charge in [-0.25, -0.2) is 0 Å². The van der Waals surface area contributed by atoms with Gasteiger partial charge < -0.3 is 10.0 Å². The Morgan fingerprint density at radius 3 is 2.56 bits per heavy atom. The minimum absolute atomic E-state index is 0.159. The van der Waals surface area contributed by atoms with Crippen molar-refractivity contribution in [2.24, 2.45) is 7.05 Å². The number of nitrogens with zero attached hydrogens (tertiary/aromatic N) is 3. The molecule has 0 unspecified atom stereocenters. The maximum Gasteiger partial charge on any atom is 0.286 e. The molecule has 5 nitrogen and oxygen atoms in total. The zero-order valence-electron chi connectivity index (χ0n) is 14.9. The molecular formula is C19H19F2N3O2S. The maximum atomic E-state index is 13.6. The van der Waals surface area contributed by atoms with Gasteiger partial charge in [0.15, 0.2) is 0 Å². The number of para-hydroxylation sites is 1. The Balaban J connectivity index is 1.90. The lowest BCUT2D eigenvalue weighted by Gasteiger charge is -2.21. The Kier molecular flexibility index (Phi) is 5.38. The fraction of sp³-hybridized carbons (Fsp3) is 0.263. The SMILES string of the molecule is Cn1nc(-c2ccc(C(=O)N(CCO)c3ccccc3)s2)cc1C(C)(F)F. The van der Waals surface area contributed by atoms with Crippen LogP contribution >= 0.6 is 11.3 Å². The first-order valence-corrected chi connectivity index (χ1v) is 9.13. The molecule has 0 saturated heterocycles. The van der Waals surface area contributed by atoms with Crippen LogP contribution in [0.5, 0.6) is 0 Å². The average Bonchev–Trinajstić information content (AvgIpc) is 3.26. The van der Waals surface area contributed by atoms with Gasteiger partial charge in [0, 0.05) is 26.2 Å². The summed E-state index contributed by atoms with van der Waals surface area (Å²) in [6, 6.07) is 13.7. The lowest BCUT2D eigenvalue weighted by atomic mass is 10.2. The van der Waals surface area contributed by atoms with E-state index in [1.165, 1.54) is 29.4 Å². The van der Waals surface area contributed by atoms with Gasteiger partial charge in [-0.05, 0) is 30.3 Å². The predicted molar refractivity (Wildman–Crippen MR) is 101 cm³/mol. The van der Waals surface area contributed by atoms with Crippen molar-refractivity contribution in [3.63, 3.8) is 0 Å². The summed E-state index contributed by atoms with van der Waals surface area (Å²) in [5.41, 5.74) is 0.883. The molecule has 0 fully saturated rings. The van der Waals surface area contributed by atoms with Gasteiger partial charge >= 0.3 is 0 Å². The van der Waals surface area contributed by atoms with Crippen molar-refractivity contribution < 1.29 is 18.7 Å². The number of thiophene rings is 1. The number of halogens is 2. The molecule has 8 heteroatoms. The highest BCUT2D eigenvalue weighted by Crippen LogP contribution is 2.33. The predicted octanol–water partition coefficient (Wildman–Crippen LogP) is 3.90. The topological polar surface area (TPSA) is 58.4 Å². The summed E-state index contributed by atoms with van der Waals surface area (Å²) < 4.78 is 28.4. The van der Waals surface area contributed by atoms with E-state index in [4.69, 9.17) is 0 Å². The zero-order valence-corrected chi connectivity index (χ0v) is 15.7. The molecule has 0 radical (unpaired) electrons. The number of aryl methyl sites for hydroxylation is 1. The quantitative estimate of drug-likeness (QED) is 0.693. The molecule has 0 bridgehead atoms. The van der Waals surface area contributed by atoms with Gasteiger partial charge in [-0.3, -0.25) is 9.48 Å². The molecule has 1 N–H and O–H groups in total. The van der Waals surface area contributed by atoms with Gasteiger partial charge in [-0.2, -0.15) is 13.9 Å². The molecule has 0 aliphatic rings. The summed E-state index contributed by atoms with van der Waals surface area (Å²) >= 11 is 1.18. The van der Waals surface area contributed by atoms with E-state index in [0.717, 1.165) is 11.6 Å². The molecule has 2 heterocycles. The van der Waals surface area contributed by atoms with Gasteiger partial charge in [0.25, 0.3) is 11.8 Å². The lowest BCUT2D eigenvalue weighted by Crippen LogP contribution is -2.32. The largest absolute Gasteiger partial charge is 0.395 e. The van der Waals surface area contributed by atoms with E-state index in [1.807, 2.05) is 18.2 Å². The highest BCUT2D eigenvalue weighted by atomic mass is 32.1. The Hall–Kier alpha value is -2.58. The normalized spacial score (nSPS) is 11.6. The van der Waals surface area contributed by atoms with Crippen molar-refractivity contribution in [2.45, 2.75) is 12.8 Å². The highest BCUT2D eigenvalue weighted by molar-refractivity contribution is 7.17. The van der Waals surface area contributed by atoms with Gasteiger partial charge in [-0.15, -0.1) is 11.3 Å². The van der Waals surface area contributed by atoms with Crippen LogP contribution in [-0.4, -0.2) is 33.9 Å². The molecule has 0 saturated carbocycles. The van der Waals surface area contributed by atoms with Crippen molar-refractivity contribution in [3.8, 4) is 10.6 Å². The van der Waals surface area contributed by atoms with Crippen LogP contribution in [-0.2, 0) is 13.0 Å². The van der Waals surface area contributed by atoms with Crippen LogP contribution in [0, 0.1) is 0 Å². The number of rotatable bonds is 6. The molecule has 1 amide bonds. The fourth-order valence-electron chi connectivity index (χ4n) is 2.78. The first-order chi connectivity index (χ1) is 12.8. The summed E-state index contributed by atoms with van der Waals surface area (Å²) in [7, 11) is 1.47. The van der Waals surface area contributed by atoms with E-state index in [-0.39, 0.29) is 24.8 Å². The molecule has 2 aromatic heterocycles. The van der Waals surface area contributed by atoms with Gasteiger partial charge in [-0.1, -0.05) is 18.2 Å². The fourth-order valence-corrected chi connectivity index (χ4v) is 3.69. The molecule has 0 aliphatic heterocycles. The highest BCUT2D eigenvalue weighted by Gasteiger charge is 2.29. The maximum absolute atomic E-state index is 13.6. The van der Waals surface area contributed by atoms with Crippen molar-refractivity contribution in [2.75, 3.05) is 18.1 Å². The molecule has 0 aliphatic carbocycles. The van der Waals surface area contributed by atoms with Crippen molar-refractivity contribution in [3.05, 3.63) is 59.1 Å². The van der Waals surface area contributed by atoms with E-state index >= 15 is 0 Å². The van der Waals surface area contributed by atoms with Crippen LogP contribution < -0.4 is 4.90 Å². The number of carbonyl (C=O) groups excluding carboxylic acids is 1. The van der Waals surface area contributed by atoms with E-state index in [0.29, 0.717) is 21.1 Å². The van der Waals surface area contributed by atoms with Crippen molar-refractivity contribution >= 4 is 22.9 Å². The minimum atomic E-state index is -3.00. The molecule has 1 aromatic carbocycles. The smallest absolute Gasteiger partial charge is 0.286 e. The first kappa shape index (κ1) is 19.2. The van der Waals surface area contributed by atoms with Gasteiger partial charge in [0.2, 0.25) is 0 Å². The third kappa shape index (κ3) is 4.06. The summed E-state index contributed by atoms with van der Waals surface area (Å²) in [4.78, 5) is 15.4. The van der Waals surface area contributed by atoms with Gasteiger partial charge in [0.05, 0.1) is 16.4 Å². The number of alkyl halides is 2. The van der Waals surface area contributed by atoms with Crippen molar-refractivity contribution in [1.82, 2.24) is 9.78 Å². The molecule has 0 atom stereocenters. The number of benzene rings is 1. The third-order valence-electron chi connectivity index (χ3n) is 4.04. The molecule has 3 aromatic rings. The number of hydrogen-bond donors (Lipinski definition) is 1. The molecule has 0 spiro atoms. The molecule has 3 rings (SSSR count). The van der Waals surface area contributed by atoms with Crippen LogP contribution in [0.1, 0.15) is 22.3 Å². The standard InChI is InChI=1S/C19H19F2N3O2S/c1-19(20,21)17-12-14(22-23(17)2)15-8-9-16(27-15)18(26)24(10-11-25)13-6-4-3-5-7-13/h3-9,12,25H,10-11H2,1-2H3. The minimum Gasteiger partial charge on any atom is -0.395 e. The average molecular weight is 391 g/mol. The molecule has 142 valence electrons. The van der Waals surface area contributed by atoms with Gasteiger partial charge in [0.1, 0.15) is 11.4 Å². The summed E-state index contributed by atoms with van der Waals surface area (Å²) in [6.07, 6.45) is 0. The van der Waals surface area contributed by atoms with Crippen LogP contribution in [0.15, 0.2) is 48.5 Å². The lowest BCUT2D eigenvalue weighted by molar-refractivity contribution is 0.00882. The number of hydrogen-bond acceptors (Lipinski definition) is 4. The summed E-state index contributed by atoms with van der Waals surface area (Å²) in [6.45, 7) is 0.809. The Labute approximate surface area is 159 Å². The second kappa shape index (κ2) is 7.58. The Morgan fingerprint density at radius 1 is 1.26 bits per heavy atom. The first-order valence-electron chi connectivity index (χ1n) is 8.31. The number of amides is 1. The number of aromatic nitrogens is 2. The summed E-state index contributed by atoms with van der Waals surface area (Å²) in [5, 5.41) is 13.5. The Bertz CT molecular complexity index is 932. The number of carbonyl (C=O) groups is 1. The summed E-state index contributed by atoms with van der Waals surface area (Å²) in [5.74, 6) is -3.26.